The Morgan fingerprint density at radius 1 is 1.69 bits per heavy atom. The number of rotatable bonds is 2. The van der Waals surface area contributed by atoms with Gasteiger partial charge in [0.1, 0.15) is 5.82 Å². The normalized spacial score (nSPS) is 21.5. The van der Waals surface area contributed by atoms with Gasteiger partial charge in [0, 0.05) is 19.0 Å². The Hall–Kier alpha value is -0.420. The van der Waals surface area contributed by atoms with Gasteiger partial charge in [0.2, 0.25) is 4.73 Å². The summed E-state index contributed by atoms with van der Waals surface area (Å²) < 4.78 is 2.72. The predicted octanol–water partition coefficient (Wildman–Crippen LogP) is 1.14. The second-order valence-corrected chi connectivity index (χ2v) is 4.07. The maximum Gasteiger partial charge on any atom is 0.217 e. The van der Waals surface area contributed by atoms with Gasteiger partial charge in [-0.15, -0.1) is 5.10 Å². The van der Waals surface area contributed by atoms with Crippen LogP contribution in [-0.4, -0.2) is 28.4 Å². The van der Waals surface area contributed by atoms with Gasteiger partial charge in [-0.25, -0.2) is 9.67 Å². The van der Waals surface area contributed by atoms with Crippen LogP contribution in [0.1, 0.15) is 24.6 Å². The minimum absolute atomic E-state index is 0.526. The molecule has 13 heavy (non-hydrogen) atoms. The van der Waals surface area contributed by atoms with Gasteiger partial charge < -0.3 is 5.32 Å². The van der Waals surface area contributed by atoms with Crippen molar-refractivity contribution in [2.45, 2.75) is 25.3 Å². The molecule has 1 N–H and O–H groups in total. The summed E-state index contributed by atoms with van der Waals surface area (Å²) in [5, 5.41) is 7.47. The zero-order chi connectivity index (χ0) is 9.26. The van der Waals surface area contributed by atoms with Crippen LogP contribution in [0.25, 0.3) is 0 Å². The SMILES string of the molecule is CNCC1CCCn2nc(Br)nc21. The number of hydrogen-bond acceptors (Lipinski definition) is 3. The van der Waals surface area contributed by atoms with Crippen LogP contribution in [0, 0.1) is 0 Å². The second-order valence-electron chi connectivity index (χ2n) is 3.36. The topological polar surface area (TPSA) is 42.7 Å². The first-order chi connectivity index (χ1) is 6.31. The molecule has 1 unspecified atom stereocenters. The number of aromatic nitrogens is 3. The quantitative estimate of drug-likeness (QED) is 0.849. The molecule has 0 spiro atoms. The lowest BCUT2D eigenvalue weighted by Gasteiger charge is -2.21. The molecule has 0 aromatic carbocycles. The summed E-state index contributed by atoms with van der Waals surface area (Å²) in [6, 6.07) is 0. The average molecular weight is 245 g/mol. The van der Waals surface area contributed by atoms with E-state index in [1.54, 1.807) is 0 Å². The minimum Gasteiger partial charge on any atom is -0.319 e. The Morgan fingerprint density at radius 3 is 3.31 bits per heavy atom. The Labute approximate surface area is 85.9 Å². The molecule has 72 valence electrons. The van der Waals surface area contributed by atoms with Crippen LogP contribution in [-0.2, 0) is 6.54 Å². The zero-order valence-corrected chi connectivity index (χ0v) is 9.21. The Kier molecular flexibility index (Phi) is 2.64. The van der Waals surface area contributed by atoms with Crippen molar-refractivity contribution >= 4 is 15.9 Å². The van der Waals surface area contributed by atoms with Gasteiger partial charge >= 0.3 is 0 Å². The highest BCUT2D eigenvalue weighted by atomic mass is 79.9. The molecule has 1 aliphatic heterocycles. The molecule has 0 aliphatic carbocycles. The molecule has 1 atom stereocenters. The monoisotopic (exact) mass is 244 g/mol. The lowest BCUT2D eigenvalue weighted by molar-refractivity contribution is 0.407. The third-order valence-electron chi connectivity index (χ3n) is 2.41. The van der Waals surface area contributed by atoms with Gasteiger partial charge in [0.05, 0.1) is 0 Å². The third kappa shape index (κ3) is 1.76. The summed E-state index contributed by atoms with van der Waals surface area (Å²) in [5.41, 5.74) is 0. The van der Waals surface area contributed by atoms with E-state index in [0.29, 0.717) is 10.7 Å². The van der Waals surface area contributed by atoms with Gasteiger partial charge in [0.25, 0.3) is 0 Å². The number of nitrogens with one attached hydrogen (secondary N) is 1. The molecule has 1 aromatic heterocycles. The lowest BCUT2D eigenvalue weighted by Crippen LogP contribution is -2.25. The van der Waals surface area contributed by atoms with E-state index in [4.69, 9.17) is 0 Å². The molecule has 0 fully saturated rings. The summed E-state index contributed by atoms with van der Waals surface area (Å²) in [4.78, 5) is 4.38. The summed E-state index contributed by atoms with van der Waals surface area (Å²) >= 11 is 3.31. The fourth-order valence-electron chi connectivity index (χ4n) is 1.85. The maximum absolute atomic E-state index is 4.38. The van der Waals surface area contributed by atoms with Crippen molar-refractivity contribution in [2.75, 3.05) is 13.6 Å². The van der Waals surface area contributed by atoms with Crippen LogP contribution in [0.4, 0.5) is 0 Å². The Morgan fingerprint density at radius 2 is 2.54 bits per heavy atom. The third-order valence-corrected chi connectivity index (χ3v) is 2.75. The number of hydrogen-bond donors (Lipinski definition) is 1. The highest BCUT2D eigenvalue weighted by molar-refractivity contribution is 9.10. The Balaban J connectivity index is 2.25. The molecule has 5 heteroatoms. The molecule has 0 bridgehead atoms. The number of aryl methyl sites for hydroxylation is 1. The molecule has 0 radical (unpaired) electrons. The van der Waals surface area contributed by atoms with Gasteiger partial charge in [-0.05, 0) is 35.8 Å². The molecule has 2 heterocycles. The largest absolute Gasteiger partial charge is 0.319 e. The fraction of sp³-hybridized carbons (Fsp3) is 0.750. The van der Waals surface area contributed by atoms with E-state index in [1.807, 2.05) is 11.7 Å². The summed E-state index contributed by atoms with van der Waals surface area (Å²) in [5.74, 6) is 1.64. The van der Waals surface area contributed by atoms with Crippen LogP contribution in [0.3, 0.4) is 0 Å². The highest BCUT2D eigenvalue weighted by Gasteiger charge is 2.22. The van der Waals surface area contributed by atoms with E-state index in [-0.39, 0.29) is 0 Å². The minimum atomic E-state index is 0.526. The van der Waals surface area contributed by atoms with Crippen LogP contribution >= 0.6 is 15.9 Å². The lowest BCUT2D eigenvalue weighted by atomic mass is 9.99. The van der Waals surface area contributed by atoms with Gasteiger partial charge in [-0.3, -0.25) is 0 Å². The summed E-state index contributed by atoms with van der Waals surface area (Å²) in [7, 11) is 1.98. The zero-order valence-electron chi connectivity index (χ0n) is 7.63. The van der Waals surface area contributed by atoms with Crippen molar-refractivity contribution in [2.24, 2.45) is 0 Å². The molecule has 2 rings (SSSR count). The maximum atomic E-state index is 4.38. The number of fused-ring (bicyclic) bond motifs is 1. The van der Waals surface area contributed by atoms with Crippen molar-refractivity contribution in [3.63, 3.8) is 0 Å². The smallest absolute Gasteiger partial charge is 0.217 e. The summed E-state index contributed by atoms with van der Waals surface area (Å²) in [6.07, 6.45) is 2.42. The van der Waals surface area contributed by atoms with Crippen molar-refractivity contribution in [1.82, 2.24) is 20.1 Å². The van der Waals surface area contributed by atoms with Gasteiger partial charge in [-0.1, -0.05) is 0 Å². The average Bonchev–Trinajstić information content (AvgIpc) is 2.47. The first-order valence-corrected chi connectivity index (χ1v) is 5.35. The predicted molar refractivity (Wildman–Crippen MR) is 53.6 cm³/mol. The first kappa shape index (κ1) is 9.15. The Bertz CT molecular complexity index is 296. The van der Waals surface area contributed by atoms with Crippen molar-refractivity contribution in [3.8, 4) is 0 Å². The van der Waals surface area contributed by atoms with Crippen LogP contribution in [0.15, 0.2) is 4.73 Å². The molecule has 1 aliphatic rings. The molecular formula is C8H13BrN4. The van der Waals surface area contributed by atoms with Gasteiger partial charge in [0.15, 0.2) is 0 Å². The first-order valence-electron chi connectivity index (χ1n) is 4.56. The van der Waals surface area contributed by atoms with Crippen molar-refractivity contribution < 1.29 is 0 Å². The molecular weight excluding hydrogens is 232 g/mol. The van der Waals surface area contributed by atoms with Crippen molar-refractivity contribution in [1.29, 1.82) is 0 Å². The van der Waals surface area contributed by atoms with Crippen molar-refractivity contribution in [3.05, 3.63) is 10.6 Å². The molecule has 0 amide bonds. The number of likely N-dealkylation sites (N-methyl/N-ethyl adjacent to an activating group) is 1. The molecule has 0 saturated heterocycles. The van der Waals surface area contributed by atoms with E-state index in [1.165, 1.54) is 12.8 Å². The van der Waals surface area contributed by atoms with Crippen LogP contribution in [0.5, 0.6) is 0 Å². The van der Waals surface area contributed by atoms with E-state index >= 15 is 0 Å². The van der Waals surface area contributed by atoms with E-state index in [2.05, 4.69) is 31.3 Å². The fourth-order valence-corrected chi connectivity index (χ4v) is 2.22. The standard InChI is InChI=1S/C8H13BrN4/c1-10-5-6-3-2-4-13-7(6)11-8(9)12-13/h6,10H,2-5H2,1H3. The van der Waals surface area contributed by atoms with Crippen LogP contribution in [0.2, 0.25) is 0 Å². The van der Waals surface area contributed by atoms with E-state index < -0.39 is 0 Å². The molecule has 0 saturated carbocycles. The number of halogens is 1. The van der Waals surface area contributed by atoms with Crippen LogP contribution < -0.4 is 5.32 Å². The van der Waals surface area contributed by atoms with Gasteiger partial charge in [-0.2, -0.15) is 0 Å². The molecule has 1 aromatic rings. The van der Waals surface area contributed by atoms with E-state index in [0.717, 1.165) is 18.9 Å². The molecule has 4 nitrogen and oxygen atoms in total. The second kappa shape index (κ2) is 3.75. The van der Waals surface area contributed by atoms with E-state index in [9.17, 15) is 0 Å². The highest BCUT2D eigenvalue weighted by Crippen LogP contribution is 2.25. The summed E-state index contributed by atoms with van der Waals surface area (Å²) in [6.45, 7) is 2.00. The number of nitrogens with zero attached hydrogens (tertiary/aromatic N) is 3.